The van der Waals surface area contributed by atoms with Gasteiger partial charge in [-0.2, -0.15) is 0 Å². The van der Waals surface area contributed by atoms with Crippen molar-refractivity contribution in [3.05, 3.63) is 27.7 Å². The maximum absolute atomic E-state index is 11.2. The minimum Gasteiger partial charge on any atom is -0.366 e. The van der Waals surface area contributed by atoms with Gasteiger partial charge in [-0.3, -0.25) is 4.79 Å². The number of carbonyl (C=O) groups is 1. The summed E-state index contributed by atoms with van der Waals surface area (Å²) in [7, 11) is 1.33. The van der Waals surface area contributed by atoms with Gasteiger partial charge in [0.1, 0.15) is 0 Å². The Labute approximate surface area is 100.0 Å². The maximum atomic E-state index is 11.2. The number of carbonyl (C=O) groups excluding carboxylic acids is 1. The first-order valence-electron chi connectivity index (χ1n) is 3.78. The minimum atomic E-state index is -3.88. The lowest BCUT2D eigenvalue weighted by molar-refractivity contribution is 0.0999. The van der Waals surface area contributed by atoms with Gasteiger partial charge in [0.05, 0.1) is 4.90 Å². The van der Waals surface area contributed by atoms with E-state index in [9.17, 15) is 13.2 Å². The number of hydrogen-bond donors (Lipinski definition) is 1. The summed E-state index contributed by atoms with van der Waals surface area (Å²) in [5.41, 5.74) is 5.48. The summed E-state index contributed by atoms with van der Waals surface area (Å²) < 4.78 is 22.8. The summed E-state index contributed by atoms with van der Waals surface area (Å²) >= 11 is 3.08. The average molecular weight is 313 g/mol. The molecule has 0 fully saturated rings. The quantitative estimate of drug-likeness (QED) is 0.846. The van der Waals surface area contributed by atoms with Crippen LogP contribution >= 0.6 is 26.6 Å². The molecule has 0 aromatic heterocycles. The van der Waals surface area contributed by atoms with Crippen LogP contribution in [0, 0.1) is 6.92 Å². The number of hydrogen-bond acceptors (Lipinski definition) is 3. The van der Waals surface area contributed by atoms with Gasteiger partial charge in [0.25, 0.3) is 9.05 Å². The van der Waals surface area contributed by atoms with Gasteiger partial charge in [0.2, 0.25) is 5.91 Å². The van der Waals surface area contributed by atoms with Crippen LogP contribution in [0.3, 0.4) is 0 Å². The molecule has 1 rings (SSSR count). The Kier molecular flexibility index (Phi) is 3.42. The summed E-state index contributed by atoms with van der Waals surface area (Å²) in [4.78, 5) is 10.9. The fourth-order valence-electron chi connectivity index (χ4n) is 1.16. The molecule has 1 aromatic carbocycles. The lowest BCUT2D eigenvalue weighted by Crippen LogP contribution is -2.14. The first kappa shape index (κ1) is 12.5. The van der Waals surface area contributed by atoms with E-state index in [1.165, 1.54) is 19.1 Å². The molecule has 0 heterocycles. The van der Waals surface area contributed by atoms with Gasteiger partial charge >= 0.3 is 0 Å². The van der Waals surface area contributed by atoms with Crippen molar-refractivity contribution in [2.45, 2.75) is 11.8 Å². The van der Waals surface area contributed by atoms with E-state index < -0.39 is 15.0 Å². The van der Waals surface area contributed by atoms with Crippen molar-refractivity contribution in [2.75, 3.05) is 0 Å². The van der Waals surface area contributed by atoms with Crippen molar-refractivity contribution in [3.8, 4) is 0 Å². The summed E-state index contributed by atoms with van der Waals surface area (Å²) in [6, 6.07) is 2.77. The Morgan fingerprint density at radius 1 is 1.47 bits per heavy atom. The molecule has 0 aliphatic carbocycles. The van der Waals surface area contributed by atoms with Gasteiger partial charge in [0.15, 0.2) is 0 Å². The van der Waals surface area contributed by atoms with Crippen LogP contribution in [0.25, 0.3) is 0 Å². The van der Waals surface area contributed by atoms with Crippen molar-refractivity contribution in [1.29, 1.82) is 0 Å². The SMILES string of the molecule is Cc1c(C(N)=O)cc(Br)cc1S(=O)(=O)Cl. The third kappa shape index (κ3) is 2.70. The van der Waals surface area contributed by atoms with E-state index in [0.29, 0.717) is 4.47 Å². The molecular weight excluding hydrogens is 306 g/mol. The van der Waals surface area contributed by atoms with Crippen LogP contribution in [-0.4, -0.2) is 14.3 Å². The first-order valence-corrected chi connectivity index (χ1v) is 6.88. The Morgan fingerprint density at radius 3 is 2.40 bits per heavy atom. The lowest BCUT2D eigenvalue weighted by atomic mass is 10.1. The molecule has 2 N–H and O–H groups in total. The molecule has 0 atom stereocenters. The molecule has 7 heteroatoms. The lowest BCUT2D eigenvalue weighted by Gasteiger charge is -2.07. The predicted molar refractivity (Wildman–Crippen MR) is 60.4 cm³/mol. The number of halogens is 2. The van der Waals surface area contributed by atoms with E-state index in [-0.39, 0.29) is 16.0 Å². The molecule has 82 valence electrons. The molecule has 0 saturated carbocycles. The fourth-order valence-corrected chi connectivity index (χ4v) is 3.00. The van der Waals surface area contributed by atoms with Crippen LogP contribution in [0.15, 0.2) is 21.5 Å². The second-order valence-corrected chi connectivity index (χ2v) is 6.33. The number of rotatable bonds is 2. The van der Waals surface area contributed by atoms with Crippen LogP contribution in [0.5, 0.6) is 0 Å². The second-order valence-electron chi connectivity index (χ2n) is 2.88. The average Bonchev–Trinajstić information content (AvgIpc) is 2.06. The highest BCUT2D eigenvalue weighted by Gasteiger charge is 2.19. The topological polar surface area (TPSA) is 77.2 Å². The molecule has 1 amide bonds. The summed E-state index contributed by atoms with van der Waals surface area (Å²) in [6.07, 6.45) is 0. The zero-order chi connectivity index (χ0) is 11.8. The van der Waals surface area contributed by atoms with Crippen molar-refractivity contribution < 1.29 is 13.2 Å². The molecule has 4 nitrogen and oxygen atoms in total. The zero-order valence-corrected chi connectivity index (χ0v) is 10.8. The van der Waals surface area contributed by atoms with Gasteiger partial charge in [-0.15, -0.1) is 0 Å². The van der Waals surface area contributed by atoms with Crippen LogP contribution in [0.4, 0.5) is 0 Å². The van der Waals surface area contributed by atoms with Crippen molar-refractivity contribution in [2.24, 2.45) is 5.73 Å². The highest BCUT2D eigenvalue weighted by Crippen LogP contribution is 2.26. The Hall–Kier alpha value is -0.590. The number of primary amides is 1. The summed E-state index contributed by atoms with van der Waals surface area (Å²) in [5.74, 6) is -0.699. The van der Waals surface area contributed by atoms with Gasteiger partial charge in [-0.05, 0) is 24.6 Å². The molecule has 1 aromatic rings. The zero-order valence-electron chi connectivity index (χ0n) is 7.62. The third-order valence-corrected chi connectivity index (χ3v) is 3.76. The summed E-state index contributed by atoms with van der Waals surface area (Å²) in [5, 5.41) is 0. The van der Waals surface area contributed by atoms with Crippen molar-refractivity contribution in [3.63, 3.8) is 0 Å². The normalized spacial score (nSPS) is 11.4. The predicted octanol–water partition coefficient (Wildman–Crippen LogP) is 1.78. The molecule has 15 heavy (non-hydrogen) atoms. The fraction of sp³-hybridized carbons (Fsp3) is 0.125. The Bertz CT molecular complexity index is 527. The number of nitrogens with two attached hydrogens (primary N) is 1. The van der Waals surface area contributed by atoms with E-state index in [0.717, 1.165) is 0 Å². The molecule has 0 spiro atoms. The minimum absolute atomic E-state index is 0.118. The Balaban J connectivity index is 3.63. The van der Waals surface area contributed by atoms with E-state index in [2.05, 4.69) is 15.9 Å². The molecule has 0 aliphatic rings. The summed E-state index contributed by atoms with van der Waals surface area (Å²) in [6.45, 7) is 1.47. The van der Waals surface area contributed by atoms with Crippen LogP contribution in [-0.2, 0) is 9.05 Å². The van der Waals surface area contributed by atoms with Gasteiger partial charge < -0.3 is 5.73 Å². The molecule has 0 bridgehead atoms. The van der Waals surface area contributed by atoms with E-state index in [1.807, 2.05) is 0 Å². The number of amides is 1. The second kappa shape index (κ2) is 4.11. The van der Waals surface area contributed by atoms with Gasteiger partial charge in [-0.25, -0.2) is 8.42 Å². The van der Waals surface area contributed by atoms with Gasteiger partial charge in [0, 0.05) is 20.7 Å². The monoisotopic (exact) mass is 311 g/mol. The van der Waals surface area contributed by atoms with Crippen LogP contribution < -0.4 is 5.73 Å². The van der Waals surface area contributed by atoms with E-state index >= 15 is 0 Å². The molecule has 0 aliphatic heterocycles. The first-order chi connectivity index (χ1) is 6.73. The van der Waals surface area contributed by atoms with Crippen molar-refractivity contribution in [1.82, 2.24) is 0 Å². The van der Waals surface area contributed by atoms with Gasteiger partial charge in [-0.1, -0.05) is 15.9 Å². The third-order valence-electron chi connectivity index (χ3n) is 1.85. The Morgan fingerprint density at radius 2 is 2.00 bits per heavy atom. The molecule has 0 radical (unpaired) electrons. The van der Waals surface area contributed by atoms with E-state index in [1.54, 1.807) is 0 Å². The standard InChI is InChI=1S/C8H7BrClNO3S/c1-4-6(8(11)12)2-5(9)3-7(4)15(10,13)14/h2-3H,1H3,(H2,11,12). The number of benzene rings is 1. The maximum Gasteiger partial charge on any atom is 0.261 e. The van der Waals surface area contributed by atoms with Crippen LogP contribution in [0.2, 0.25) is 0 Å². The molecular formula is C8H7BrClNO3S. The molecule has 0 unspecified atom stereocenters. The van der Waals surface area contributed by atoms with Crippen LogP contribution in [0.1, 0.15) is 15.9 Å². The highest BCUT2D eigenvalue weighted by atomic mass is 79.9. The van der Waals surface area contributed by atoms with Crippen molar-refractivity contribution >= 4 is 41.6 Å². The largest absolute Gasteiger partial charge is 0.366 e. The highest BCUT2D eigenvalue weighted by molar-refractivity contribution is 9.10. The van der Waals surface area contributed by atoms with E-state index in [4.69, 9.17) is 16.4 Å². The molecule has 0 saturated heterocycles. The smallest absolute Gasteiger partial charge is 0.261 e.